The Labute approximate surface area is 143 Å². The Kier molecular flexibility index (Phi) is 4.76. The zero-order valence-electron chi connectivity index (χ0n) is 12.5. The molecule has 3 rings (SSSR count). The van der Waals surface area contributed by atoms with Crippen molar-refractivity contribution < 1.29 is 14.3 Å². The van der Waals surface area contributed by atoms with Gasteiger partial charge in [-0.2, -0.15) is 0 Å². The highest BCUT2D eigenvalue weighted by Crippen LogP contribution is 2.23. The summed E-state index contributed by atoms with van der Waals surface area (Å²) in [6.07, 6.45) is 1.50. The van der Waals surface area contributed by atoms with Gasteiger partial charge in [-0.1, -0.05) is 34.1 Å². The molecule has 0 N–H and O–H groups in total. The van der Waals surface area contributed by atoms with E-state index in [0.29, 0.717) is 24.3 Å². The molecule has 1 aliphatic heterocycles. The summed E-state index contributed by atoms with van der Waals surface area (Å²) in [5, 5.41) is 0. The van der Waals surface area contributed by atoms with Crippen molar-refractivity contribution in [3.63, 3.8) is 0 Å². The Morgan fingerprint density at radius 3 is 2.26 bits per heavy atom. The number of amides is 2. The predicted octanol–water partition coefficient (Wildman–Crippen LogP) is 3.90. The summed E-state index contributed by atoms with van der Waals surface area (Å²) in [7, 11) is 0. The molecule has 0 bridgehead atoms. The van der Waals surface area contributed by atoms with Gasteiger partial charge in [0.2, 0.25) is 0 Å². The van der Waals surface area contributed by atoms with E-state index in [4.69, 9.17) is 4.74 Å². The van der Waals surface area contributed by atoms with Gasteiger partial charge in [0, 0.05) is 11.0 Å². The van der Waals surface area contributed by atoms with E-state index in [9.17, 15) is 9.59 Å². The lowest BCUT2D eigenvalue weighted by molar-refractivity contribution is 0.0649. The first kappa shape index (κ1) is 15.7. The van der Waals surface area contributed by atoms with Crippen LogP contribution in [0.3, 0.4) is 0 Å². The number of carbonyl (C=O) groups is 2. The summed E-state index contributed by atoms with van der Waals surface area (Å²) in [4.78, 5) is 25.7. The van der Waals surface area contributed by atoms with Crippen LogP contribution in [-0.4, -0.2) is 29.9 Å². The van der Waals surface area contributed by atoms with Crippen LogP contribution < -0.4 is 4.74 Å². The topological polar surface area (TPSA) is 46.6 Å². The fraction of sp³-hybridized carbons (Fsp3) is 0.222. The molecule has 0 unspecified atom stereocenters. The smallest absolute Gasteiger partial charge is 0.261 e. The Hall–Kier alpha value is -2.14. The Morgan fingerprint density at radius 1 is 0.913 bits per heavy atom. The van der Waals surface area contributed by atoms with E-state index in [0.717, 1.165) is 23.1 Å². The molecular formula is C18H16BrNO3. The van der Waals surface area contributed by atoms with Crippen LogP contribution in [0.5, 0.6) is 5.75 Å². The molecular weight excluding hydrogens is 358 g/mol. The van der Waals surface area contributed by atoms with Crippen LogP contribution in [0, 0.1) is 0 Å². The molecule has 0 saturated carbocycles. The first-order valence-electron chi connectivity index (χ1n) is 7.50. The predicted molar refractivity (Wildman–Crippen MR) is 90.7 cm³/mol. The van der Waals surface area contributed by atoms with E-state index in [-0.39, 0.29) is 11.8 Å². The number of carbonyl (C=O) groups excluding carboxylic acids is 2. The minimum Gasteiger partial charge on any atom is -0.494 e. The average Bonchev–Trinajstić information content (AvgIpc) is 2.80. The van der Waals surface area contributed by atoms with E-state index >= 15 is 0 Å². The van der Waals surface area contributed by atoms with E-state index in [1.165, 1.54) is 4.90 Å². The lowest BCUT2D eigenvalue weighted by Gasteiger charge is -2.13. The maximum Gasteiger partial charge on any atom is 0.261 e. The number of halogens is 1. The van der Waals surface area contributed by atoms with Crippen LogP contribution >= 0.6 is 15.9 Å². The lowest BCUT2D eigenvalue weighted by Crippen LogP contribution is -2.30. The van der Waals surface area contributed by atoms with Gasteiger partial charge in [0.1, 0.15) is 5.75 Å². The van der Waals surface area contributed by atoms with Gasteiger partial charge in [0.15, 0.2) is 0 Å². The molecule has 5 heteroatoms. The summed E-state index contributed by atoms with van der Waals surface area (Å²) in [5.74, 6) is 0.414. The quantitative estimate of drug-likeness (QED) is 0.569. The van der Waals surface area contributed by atoms with E-state index < -0.39 is 0 Å². The zero-order valence-corrected chi connectivity index (χ0v) is 14.1. The fourth-order valence-corrected chi connectivity index (χ4v) is 2.94. The third-order valence-corrected chi connectivity index (χ3v) is 4.21. The number of benzene rings is 2. The molecule has 118 valence electrons. The molecule has 0 saturated heterocycles. The van der Waals surface area contributed by atoms with Crippen molar-refractivity contribution in [3.05, 3.63) is 64.1 Å². The largest absolute Gasteiger partial charge is 0.494 e. The fourth-order valence-electron chi connectivity index (χ4n) is 2.56. The van der Waals surface area contributed by atoms with E-state index in [2.05, 4.69) is 15.9 Å². The normalized spacial score (nSPS) is 13.3. The highest BCUT2D eigenvalue weighted by Gasteiger charge is 2.34. The van der Waals surface area contributed by atoms with Crippen molar-refractivity contribution >= 4 is 27.7 Å². The summed E-state index contributed by atoms with van der Waals surface area (Å²) in [6, 6.07) is 14.6. The van der Waals surface area contributed by atoms with Crippen LogP contribution in [0.4, 0.5) is 0 Å². The number of nitrogens with zero attached hydrogens (tertiary/aromatic N) is 1. The standard InChI is InChI=1S/C18H16BrNO3/c19-13-6-5-7-14(12-13)23-11-4-3-10-20-17(21)15-8-1-2-9-16(15)18(20)22/h1-2,5-9,12H,3-4,10-11H2. The van der Waals surface area contributed by atoms with Crippen molar-refractivity contribution in [1.29, 1.82) is 0 Å². The molecule has 1 aliphatic rings. The molecule has 1 heterocycles. The molecule has 0 atom stereocenters. The maximum atomic E-state index is 12.2. The molecule has 0 fully saturated rings. The zero-order chi connectivity index (χ0) is 16.2. The molecule has 0 aromatic heterocycles. The van der Waals surface area contributed by atoms with Crippen molar-refractivity contribution in [3.8, 4) is 5.75 Å². The number of unbranched alkanes of at least 4 members (excludes halogenated alkanes) is 1. The van der Waals surface area contributed by atoms with E-state index in [1.807, 2.05) is 24.3 Å². The van der Waals surface area contributed by atoms with Gasteiger partial charge < -0.3 is 4.74 Å². The van der Waals surface area contributed by atoms with Crippen LogP contribution in [0.25, 0.3) is 0 Å². The first-order chi connectivity index (χ1) is 11.2. The van der Waals surface area contributed by atoms with Crippen LogP contribution in [-0.2, 0) is 0 Å². The number of rotatable bonds is 6. The average molecular weight is 374 g/mol. The van der Waals surface area contributed by atoms with Gasteiger partial charge >= 0.3 is 0 Å². The monoisotopic (exact) mass is 373 g/mol. The molecule has 4 nitrogen and oxygen atoms in total. The Morgan fingerprint density at radius 2 is 1.61 bits per heavy atom. The highest BCUT2D eigenvalue weighted by molar-refractivity contribution is 9.10. The number of ether oxygens (including phenoxy) is 1. The molecule has 2 amide bonds. The number of hydrogen-bond acceptors (Lipinski definition) is 3. The third kappa shape index (κ3) is 3.45. The van der Waals surface area contributed by atoms with Gasteiger partial charge in [-0.05, 0) is 43.2 Å². The van der Waals surface area contributed by atoms with Crippen LogP contribution in [0.15, 0.2) is 53.0 Å². The summed E-state index contributed by atoms with van der Waals surface area (Å²) < 4.78 is 6.62. The first-order valence-corrected chi connectivity index (χ1v) is 8.30. The second-order valence-corrected chi connectivity index (χ2v) is 6.24. The number of hydrogen-bond donors (Lipinski definition) is 0. The second-order valence-electron chi connectivity index (χ2n) is 5.32. The maximum absolute atomic E-state index is 12.2. The third-order valence-electron chi connectivity index (χ3n) is 3.72. The van der Waals surface area contributed by atoms with Crippen molar-refractivity contribution in [2.24, 2.45) is 0 Å². The second kappa shape index (κ2) is 6.96. The summed E-state index contributed by atoms with van der Waals surface area (Å²) in [5.41, 5.74) is 1.01. The van der Waals surface area contributed by atoms with Crippen LogP contribution in [0.2, 0.25) is 0 Å². The Bertz CT molecular complexity index is 710. The van der Waals surface area contributed by atoms with Crippen molar-refractivity contribution in [1.82, 2.24) is 4.90 Å². The number of fused-ring (bicyclic) bond motifs is 1. The molecule has 2 aromatic rings. The van der Waals surface area contributed by atoms with Crippen molar-refractivity contribution in [2.75, 3.05) is 13.2 Å². The summed E-state index contributed by atoms with van der Waals surface area (Å²) >= 11 is 3.40. The van der Waals surface area contributed by atoms with Crippen LogP contribution in [0.1, 0.15) is 33.6 Å². The Balaban J connectivity index is 1.47. The van der Waals surface area contributed by atoms with Gasteiger partial charge in [-0.15, -0.1) is 0 Å². The SMILES string of the molecule is O=C1c2ccccc2C(=O)N1CCCCOc1cccc(Br)c1. The van der Waals surface area contributed by atoms with Gasteiger partial charge in [0.05, 0.1) is 17.7 Å². The lowest BCUT2D eigenvalue weighted by atomic mass is 10.1. The molecule has 0 spiro atoms. The molecule has 2 aromatic carbocycles. The summed E-state index contributed by atoms with van der Waals surface area (Å²) in [6.45, 7) is 0.980. The van der Waals surface area contributed by atoms with E-state index in [1.54, 1.807) is 24.3 Å². The number of imide groups is 1. The molecule has 23 heavy (non-hydrogen) atoms. The minimum atomic E-state index is -0.196. The minimum absolute atomic E-state index is 0.196. The van der Waals surface area contributed by atoms with Gasteiger partial charge in [-0.25, -0.2) is 0 Å². The van der Waals surface area contributed by atoms with Gasteiger partial charge in [0.25, 0.3) is 11.8 Å². The molecule has 0 aliphatic carbocycles. The highest BCUT2D eigenvalue weighted by atomic mass is 79.9. The van der Waals surface area contributed by atoms with Gasteiger partial charge in [-0.3, -0.25) is 14.5 Å². The van der Waals surface area contributed by atoms with Crippen molar-refractivity contribution in [2.45, 2.75) is 12.8 Å². The molecule has 0 radical (unpaired) electrons.